The zero-order chi connectivity index (χ0) is 17.4. The topological polar surface area (TPSA) is 39.7 Å². The van der Waals surface area contributed by atoms with Crippen molar-refractivity contribution < 1.29 is 0 Å². The van der Waals surface area contributed by atoms with Crippen LogP contribution >= 0.6 is 35.7 Å². The van der Waals surface area contributed by atoms with Crippen molar-refractivity contribution in [3.05, 3.63) is 35.4 Å². The lowest BCUT2D eigenvalue weighted by Gasteiger charge is -2.40. The minimum Gasteiger partial charge on any atom is -0.357 e. The van der Waals surface area contributed by atoms with Gasteiger partial charge in [-0.2, -0.15) is 11.8 Å². The van der Waals surface area contributed by atoms with Crippen LogP contribution in [0.3, 0.4) is 0 Å². The molecular formula is C19H33IN4S. The molecule has 0 radical (unpaired) electrons. The van der Waals surface area contributed by atoms with E-state index in [4.69, 9.17) is 4.99 Å². The van der Waals surface area contributed by atoms with Gasteiger partial charge in [-0.3, -0.25) is 9.89 Å². The molecule has 1 heterocycles. The third-order valence-corrected chi connectivity index (χ3v) is 5.17. The summed E-state index contributed by atoms with van der Waals surface area (Å²) in [6.07, 6.45) is 3.26. The molecule has 0 unspecified atom stereocenters. The molecule has 1 aromatic rings. The molecule has 0 fully saturated rings. The predicted molar refractivity (Wildman–Crippen MR) is 122 cm³/mol. The molecule has 2 N–H and O–H groups in total. The Kier molecular flexibility index (Phi) is 10.2. The lowest BCUT2D eigenvalue weighted by atomic mass is 9.94. The first kappa shape index (κ1) is 22.6. The smallest absolute Gasteiger partial charge is 0.191 e. The van der Waals surface area contributed by atoms with Gasteiger partial charge < -0.3 is 10.6 Å². The summed E-state index contributed by atoms with van der Waals surface area (Å²) >= 11 is 1.85. The molecule has 25 heavy (non-hydrogen) atoms. The van der Waals surface area contributed by atoms with E-state index in [1.165, 1.54) is 11.1 Å². The summed E-state index contributed by atoms with van der Waals surface area (Å²) in [5.41, 5.74) is 3.01. The number of guanidine groups is 1. The second-order valence-corrected chi connectivity index (χ2v) is 7.85. The SMILES string of the molecule is CCNC(=NCC(C)(C)N1CCc2ccccc2C1)NCCSC.I. The molecular weight excluding hydrogens is 443 g/mol. The lowest BCUT2D eigenvalue weighted by molar-refractivity contribution is 0.112. The Balaban J connectivity index is 0.00000312. The van der Waals surface area contributed by atoms with E-state index in [9.17, 15) is 0 Å². The summed E-state index contributed by atoms with van der Waals surface area (Å²) in [6, 6.07) is 8.81. The van der Waals surface area contributed by atoms with Crippen molar-refractivity contribution in [3.8, 4) is 0 Å². The number of hydrogen-bond donors (Lipinski definition) is 2. The van der Waals surface area contributed by atoms with Gasteiger partial charge in [-0.15, -0.1) is 24.0 Å². The molecule has 0 spiro atoms. The standard InChI is InChI=1S/C19H32N4S.HI/c1-5-20-18(21-11-13-24-4)22-15-19(2,3)23-12-10-16-8-6-7-9-17(16)14-23;/h6-9H,5,10-15H2,1-4H3,(H2,20,21,22);1H. The maximum atomic E-state index is 4.83. The van der Waals surface area contributed by atoms with Gasteiger partial charge in [0.2, 0.25) is 0 Å². The first-order valence-electron chi connectivity index (χ1n) is 8.90. The highest BCUT2D eigenvalue weighted by molar-refractivity contribution is 14.0. The number of nitrogens with one attached hydrogen (secondary N) is 2. The van der Waals surface area contributed by atoms with Crippen molar-refractivity contribution in [1.82, 2.24) is 15.5 Å². The van der Waals surface area contributed by atoms with Crippen molar-refractivity contribution in [3.63, 3.8) is 0 Å². The quantitative estimate of drug-likeness (QED) is 0.274. The third kappa shape index (κ3) is 6.98. The van der Waals surface area contributed by atoms with Crippen molar-refractivity contribution in [2.24, 2.45) is 4.99 Å². The second kappa shape index (κ2) is 11.3. The minimum atomic E-state index is 0. The first-order valence-corrected chi connectivity index (χ1v) is 10.3. The Hall–Kier alpha value is -0.470. The fourth-order valence-electron chi connectivity index (χ4n) is 3.00. The number of rotatable bonds is 7. The van der Waals surface area contributed by atoms with Crippen LogP contribution in [0.2, 0.25) is 0 Å². The third-order valence-electron chi connectivity index (χ3n) is 4.55. The van der Waals surface area contributed by atoms with Crippen LogP contribution in [0.15, 0.2) is 29.3 Å². The zero-order valence-electron chi connectivity index (χ0n) is 16.0. The maximum absolute atomic E-state index is 4.83. The molecule has 0 saturated heterocycles. The molecule has 0 saturated carbocycles. The largest absolute Gasteiger partial charge is 0.357 e. The molecule has 4 nitrogen and oxygen atoms in total. The Morgan fingerprint density at radius 3 is 2.64 bits per heavy atom. The monoisotopic (exact) mass is 476 g/mol. The highest BCUT2D eigenvalue weighted by Gasteiger charge is 2.29. The van der Waals surface area contributed by atoms with Crippen LogP contribution in [0.1, 0.15) is 31.9 Å². The zero-order valence-corrected chi connectivity index (χ0v) is 19.1. The lowest BCUT2D eigenvalue weighted by Crippen LogP contribution is -2.49. The van der Waals surface area contributed by atoms with Gasteiger partial charge in [-0.05, 0) is 44.6 Å². The van der Waals surface area contributed by atoms with Crippen LogP contribution in [-0.4, -0.2) is 54.6 Å². The molecule has 142 valence electrons. The number of fused-ring (bicyclic) bond motifs is 1. The summed E-state index contributed by atoms with van der Waals surface area (Å²) in [7, 11) is 0. The van der Waals surface area contributed by atoms with Crippen molar-refractivity contribution >= 4 is 41.7 Å². The fourth-order valence-corrected chi connectivity index (χ4v) is 3.30. The van der Waals surface area contributed by atoms with Gasteiger partial charge in [0.15, 0.2) is 5.96 Å². The number of nitrogens with zero attached hydrogens (tertiary/aromatic N) is 2. The highest BCUT2D eigenvalue weighted by atomic mass is 127. The molecule has 6 heteroatoms. The van der Waals surface area contributed by atoms with Crippen molar-refractivity contribution in [1.29, 1.82) is 0 Å². The molecule has 0 atom stereocenters. The van der Waals surface area contributed by atoms with E-state index in [2.05, 4.69) is 66.8 Å². The normalized spacial score (nSPS) is 15.3. The van der Waals surface area contributed by atoms with Gasteiger partial charge in [0.25, 0.3) is 0 Å². The average molecular weight is 476 g/mol. The van der Waals surface area contributed by atoms with Gasteiger partial charge in [0.05, 0.1) is 6.54 Å². The molecule has 0 bridgehead atoms. The predicted octanol–water partition coefficient (Wildman–Crippen LogP) is 3.36. The molecule has 1 aliphatic rings. The Bertz CT molecular complexity index is 548. The molecule has 0 aliphatic carbocycles. The summed E-state index contributed by atoms with van der Waals surface area (Å²) in [4.78, 5) is 7.39. The number of aliphatic imine (C=N–C) groups is 1. The molecule has 0 aromatic heterocycles. The summed E-state index contributed by atoms with van der Waals surface area (Å²) < 4.78 is 0. The van der Waals surface area contributed by atoms with Crippen LogP contribution < -0.4 is 10.6 Å². The van der Waals surface area contributed by atoms with Gasteiger partial charge in [-0.1, -0.05) is 24.3 Å². The van der Waals surface area contributed by atoms with E-state index >= 15 is 0 Å². The maximum Gasteiger partial charge on any atom is 0.191 e. The number of halogens is 1. The van der Waals surface area contributed by atoms with E-state index in [1.54, 1.807) is 0 Å². The molecule has 1 aromatic carbocycles. The highest BCUT2D eigenvalue weighted by Crippen LogP contribution is 2.25. The Morgan fingerprint density at radius 1 is 1.24 bits per heavy atom. The van der Waals surface area contributed by atoms with Crippen LogP contribution in [0.5, 0.6) is 0 Å². The Morgan fingerprint density at radius 2 is 1.96 bits per heavy atom. The molecule has 0 amide bonds. The molecule has 2 rings (SSSR count). The van der Waals surface area contributed by atoms with E-state index < -0.39 is 0 Å². The van der Waals surface area contributed by atoms with Crippen LogP contribution in [0, 0.1) is 0 Å². The van der Waals surface area contributed by atoms with Gasteiger partial charge in [0.1, 0.15) is 0 Å². The minimum absolute atomic E-state index is 0. The summed E-state index contributed by atoms with van der Waals surface area (Å²) in [5.74, 6) is 2.02. The van der Waals surface area contributed by atoms with Gasteiger partial charge in [-0.25, -0.2) is 0 Å². The van der Waals surface area contributed by atoms with E-state index in [0.717, 1.165) is 50.9 Å². The summed E-state index contributed by atoms with van der Waals surface area (Å²) in [6.45, 7) is 11.5. The first-order chi connectivity index (χ1) is 11.6. The van der Waals surface area contributed by atoms with Crippen molar-refractivity contribution in [2.45, 2.75) is 39.3 Å². The van der Waals surface area contributed by atoms with E-state index in [0.29, 0.717) is 0 Å². The van der Waals surface area contributed by atoms with Crippen molar-refractivity contribution in [2.75, 3.05) is 38.2 Å². The summed E-state index contributed by atoms with van der Waals surface area (Å²) in [5, 5.41) is 6.76. The number of thioether (sulfide) groups is 1. The van der Waals surface area contributed by atoms with Gasteiger partial charge >= 0.3 is 0 Å². The average Bonchev–Trinajstić information content (AvgIpc) is 2.59. The Labute approximate surface area is 174 Å². The fraction of sp³-hybridized carbons (Fsp3) is 0.632. The van der Waals surface area contributed by atoms with E-state index in [1.807, 2.05) is 11.8 Å². The number of hydrogen-bond acceptors (Lipinski definition) is 3. The van der Waals surface area contributed by atoms with E-state index in [-0.39, 0.29) is 29.5 Å². The van der Waals surface area contributed by atoms with Crippen LogP contribution in [-0.2, 0) is 13.0 Å². The van der Waals surface area contributed by atoms with Gasteiger partial charge in [0, 0.05) is 37.5 Å². The van der Waals surface area contributed by atoms with Crippen LogP contribution in [0.25, 0.3) is 0 Å². The number of benzene rings is 1. The van der Waals surface area contributed by atoms with Crippen LogP contribution in [0.4, 0.5) is 0 Å². The second-order valence-electron chi connectivity index (χ2n) is 6.87. The molecule has 1 aliphatic heterocycles.